The van der Waals surface area contributed by atoms with Gasteiger partial charge in [-0.3, -0.25) is 14.4 Å². The van der Waals surface area contributed by atoms with Crippen molar-refractivity contribution < 1.29 is 28.6 Å². The molecule has 65 heavy (non-hydrogen) atoms. The lowest BCUT2D eigenvalue weighted by Crippen LogP contribution is -2.30. The lowest BCUT2D eigenvalue weighted by molar-refractivity contribution is -0.167. The van der Waals surface area contributed by atoms with Crippen LogP contribution in [0.15, 0.2) is 97.2 Å². The summed E-state index contributed by atoms with van der Waals surface area (Å²) < 4.78 is 16.7. The number of hydrogen-bond acceptors (Lipinski definition) is 6. The van der Waals surface area contributed by atoms with Gasteiger partial charge in [0.05, 0.1) is 0 Å². The first-order chi connectivity index (χ1) is 32.0. The third-order valence-electron chi connectivity index (χ3n) is 11.0. The second-order valence-corrected chi connectivity index (χ2v) is 17.4. The summed E-state index contributed by atoms with van der Waals surface area (Å²) in [7, 11) is 0. The van der Waals surface area contributed by atoms with Crippen molar-refractivity contribution in [2.45, 2.75) is 245 Å². The summed E-state index contributed by atoms with van der Waals surface area (Å²) in [4.78, 5) is 38.0. The van der Waals surface area contributed by atoms with Gasteiger partial charge in [-0.15, -0.1) is 0 Å². The molecule has 0 heterocycles. The van der Waals surface area contributed by atoms with Crippen molar-refractivity contribution in [1.29, 1.82) is 0 Å². The average Bonchev–Trinajstić information content (AvgIpc) is 3.30. The lowest BCUT2D eigenvalue weighted by atomic mass is 10.1. The molecule has 370 valence electrons. The third-order valence-corrected chi connectivity index (χ3v) is 11.0. The number of hydrogen-bond donors (Lipinski definition) is 0. The highest BCUT2D eigenvalue weighted by Crippen LogP contribution is 2.12. The van der Waals surface area contributed by atoms with Crippen LogP contribution in [0.25, 0.3) is 0 Å². The Balaban J connectivity index is 4.54. The fourth-order valence-electron chi connectivity index (χ4n) is 6.96. The Hall–Kier alpha value is -3.67. The number of esters is 3. The molecule has 0 bridgehead atoms. The lowest BCUT2D eigenvalue weighted by Gasteiger charge is -2.18. The smallest absolute Gasteiger partial charge is 0.306 e. The van der Waals surface area contributed by atoms with Gasteiger partial charge in [-0.1, -0.05) is 195 Å². The molecular formula is C59H98O6. The maximum atomic E-state index is 12.8. The molecule has 0 aromatic heterocycles. The minimum Gasteiger partial charge on any atom is -0.462 e. The van der Waals surface area contributed by atoms with Crippen molar-refractivity contribution in [2.75, 3.05) is 13.2 Å². The van der Waals surface area contributed by atoms with Crippen LogP contribution in [-0.2, 0) is 28.6 Å². The summed E-state index contributed by atoms with van der Waals surface area (Å²) in [5, 5.41) is 0. The van der Waals surface area contributed by atoms with E-state index in [-0.39, 0.29) is 44.0 Å². The second kappa shape index (κ2) is 52.9. The van der Waals surface area contributed by atoms with Crippen LogP contribution in [0, 0.1) is 0 Å². The highest BCUT2D eigenvalue weighted by atomic mass is 16.6. The Morgan fingerprint density at radius 3 is 0.969 bits per heavy atom. The molecule has 0 rings (SSSR count). The zero-order valence-electron chi connectivity index (χ0n) is 42.2. The molecule has 0 saturated carbocycles. The van der Waals surface area contributed by atoms with E-state index in [1.807, 2.05) is 0 Å². The zero-order valence-corrected chi connectivity index (χ0v) is 42.2. The first kappa shape index (κ1) is 61.3. The molecule has 0 unspecified atom stereocenters. The Morgan fingerprint density at radius 1 is 0.308 bits per heavy atom. The van der Waals surface area contributed by atoms with Crippen molar-refractivity contribution in [3.63, 3.8) is 0 Å². The van der Waals surface area contributed by atoms with E-state index in [4.69, 9.17) is 14.2 Å². The largest absolute Gasteiger partial charge is 0.462 e. The number of ether oxygens (including phenoxy) is 3. The van der Waals surface area contributed by atoms with Crippen molar-refractivity contribution in [2.24, 2.45) is 0 Å². The monoisotopic (exact) mass is 903 g/mol. The highest BCUT2D eigenvalue weighted by Gasteiger charge is 2.19. The molecule has 0 saturated heterocycles. The van der Waals surface area contributed by atoms with Gasteiger partial charge in [0.1, 0.15) is 13.2 Å². The quantitative estimate of drug-likeness (QED) is 0.0262. The third kappa shape index (κ3) is 51.2. The number of carbonyl (C=O) groups is 3. The van der Waals surface area contributed by atoms with Crippen molar-refractivity contribution in [3.8, 4) is 0 Å². The van der Waals surface area contributed by atoms with Gasteiger partial charge in [-0.05, 0) is 122 Å². The highest BCUT2D eigenvalue weighted by molar-refractivity contribution is 5.71. The fourth-order valence-corrected chi connectivity index (χ4v) is 6.96. The Kier molecular flexibility index (Phi) is 50.0. The van der Waals surface area contributed by atoms with Crippen molar-refractivity contribution in [1.82, 2.24) is 0 Å². The molecule has 0 spiro atoms. The Morgan fingerprint density at radius 2 is 0.569 bits per heavy atom. The predicted octanol–water partition coefficient (Wildman–Crippen LogP) is 17.8. The van der Waals surface area contributed by atoms with Crippen LogP contribution >= 0.6 is 0 Å². The maximum absolute atomic E-state index is 12.8. The molecule has 1 atom stereocenters. The summed E-state index contributed by atoms with van der Waals surface area (Å²) in [5.41, 5.74) is 0. The van der Waals surface area contributed by atoms with Gasteiger partial charge in [-0.25, -0.2) is 0 Å². The zero-order chi connectivity index (χ0) is 47.2. The van der Waals surface area contributed by atoms with E-state index in [0.29, 0.717) is 12.8 Å². The van der Waals surface area contributed by atoms with Gasteiger partial charge in [0.2, 0.25) is 0 Å². The van der Waals surface area contributed by atoms with Crippen LogP contribution in [0.5, 0.6) is 0 Å². The summed E-state index contributed by atoms with van der Waals surface area (Å²) in [6.45, 7) is 6.49. The van der Waals surface area contributed by atoms with Gasteiger partial charge >= 0.3 is 17.9 Å². The average molecular weight is 903 g/mol. The number of unbranched alkanes of at least 4 members (excludes halogenated alkanes) is 20. The summed E-state index contributed by atoms with van der Waals surface area (Å²) in [6.07, 6.45) is 69.6. The minimum absolute atomic E-state index is 0.109. The molecule has 6 nitrogen and oxygen atoms in total. The molecule has 6 heteroatoms. The molecule has 0 aliphatic rings. The van der Waals surface area contributed by atoms with Gasteiger partial charge in [0.25, 0.3) is 0 Å². The Labute approximate surface area is 400 Å². The SMILES string of the molecule is CCCCC/C=C\C/C=C\C/C=C\C/C=C\CCCC(=O)OC[C@@H](COC(=O)CCCCCCC/C=C\CCCCCC)OC(=O)CCCCCC/C=C\C/C=C\C/C=C\CCCCC. The number of carbonyl (C=O) groups excluding carboxylic acids is 3. The minimum atomic E-state index is -0.815. The predicted molar refractivity (Wildman–Crippen MR) is 279 cm³/mol. The normalized spacial score (nSPS) is 12.8. The summed E-state index contributed by atoms with van der Waals surface area (Å²) >= 11 is 0. The van der Waals surface area contributed by atoms with Gasteiger partial charge in [0, 0.05) is 19.3 Å². The van der Waals surface area contributed by atoms with E-state index in [9.17, 15) is 14.4 Å². The second-order valence-electron chi connectivity index (χ2n) is 17.4. The van der Waals surface area contributed by atoms with Crippen molar-refractivity contribution in [3.05, 3.63) is 97.2 Å². The van der Waals surface area contributed by atoms with Gasteiger partial charge in [-0.2, -0.15) is 0 Å². The molecule has 0 amide bonds. The molecule has 0 radical (unpaired) electrons. The molecule has 0 aliphatic heterocycles. The molecule has 0 aromatic carbocycles. The van der Waals surface area contributed by atoms with E-state index in [2.05, 4.69) is 118 Å². The standard InChI is InChI=1S/C59H98O6/c1-4-7-10-13-16-19-22-25-27-29-31-34-37-40-43-46-49-52-58(61)64-55-56(54-63-57(60)51-48-45-42-39-36-33-24-21-18-15-12-9-6-3)65-59(62)53-50-47-44-41-38-35-32-30-28-26-23-20-17-14-11-8-5-2/h16-17,19-21,24-28,31-32,34-35,40,43,56H,4-15,18,22-23,29-30,33,36-39,41-42,44-55H2,1-3H3/b19-16-,20-17-,24-21-,27-25-,28-26-,34-31-,35-32-,43-40-/t56-/m1/s1. The van der Waals surface area contributed by atoms with E-state index in [1.54, 1.807) is 0 Å². The fraction of sp³-hybridized carbons (Fsp3) is 0.678. The molecule has 0 N–H and O–H groups in total. The number of allylic oxidation sites excluding steroid dienone is 16. The van der Waals surface area contributed by atoms with E-state index in [1.165, 1.54) is 89.9 Å². The van der Waals surface area contributed by atoms with Gasteiger partial charge in [0.15, 0.2) is 6.10 Å². The summed E-state index contributed by atoms with van der Waals surface area (Å²) in [6, 6.07) is 0. The molecular weight excluding hydrogens is 805 g/mol. The first-order valence-electron chi connectivity index (χ1n) is 26.7. The van der Waals surface area contributed by atoms with Crippen LogP contribution in [-0.4, -0.2) is 37.2 Å². The van der Waals surface area contributed by atoms with Gasteiger partial charge < -0.3 is 14.2 Å². The topological polar surface area (TPSA) is 78.9 Å². The van der Waals surface area contributed by atoms with Crippen molar-refractivity contribution >= 4 is 17.9 Å². The molecule has 0 aliphatic carbocycles. The van der Waals surface area contributed by atoms with Crippen LogP contribution in [0.3, 0.4) is 0 Å². The molecule has 0 fully saturated rings. The van der Waals surface area contributed by atoms with Crippen LogP contribution < -0.4 is 0 Å². The number of rotatable bonds is 47. The van der Waals surface area contributed by atoms with Crippen LogP contribution in [0.1, 0.15) is 239 Å². The summed E-state index contributed by atoms with van der Waals surface area (Å²) in [5.74, 6) is -1.000. The first-order valence-corrected chi connectivity index (χ1v) is 26.7. The van der Waals surface area contributed by atoms with E-state index >= 15 is 0 Å². The Bertz CT molecular complexity index is 1310. The molecule has 0 aromatic rings. The van der Waals surface area contributed by atoms with E-state index in [0.717, 1.165) is 103 Å². The van der Waals surface area contributed by atoms with E-state index < -0.39 is 6.10 Å². The van der Waals surface area contributed by atoms with Crippen LogP contribution in [0.4, 0.5) is 0 Å². The van der Waals surface area contributed by atoms with Crippen LogP contribution in [0.2, 0.25) is 0 Å². The maximum Gasteiger partial charge on any atom is 0.306 e.